The third-order valence-corrected chi connectivity index (χ3v) is 7.21. The molecule has 4 nitrogen and oxygen atoms in total. The summed E-state index contributed by atoms with van der Waals surface area (Å²) >= 11 is 0. The van der Waals surface area contributed by atoms with Crippen molar-refractivity contribution < 1.29 is 14.3 Å². The Hall–Kier alpha value is -4.18. The van der Waals surface area contributed by atoms with Crippen LogP contribution in [-0.4, -0.2) is 23.7 Å². The van der Waals surface area contributed by atoms with Gasteiger partial charge in [0.25, 0.3) is 0 Å². The summed E-state index contributed by atoms with van der Waals surface area (Å²) in [6, 6.07) is 28.4. The van der Waals surface area contributed by atoms with Crippen LogP contribution in [0.2, 0.25) is 0 Å². The minimum Gasteiger partial charge on any atom is -0.493 e. The lowest BCUT2D eigenvalue weighted by Gasteiger charge is -2.14. The molecule has 38 heavy (non-hydrogen) atoms. The van der Waals surface area contributed by atoms with Crippen molar-refractivity contribution in [2.24, 2.45) is 0 Å². The Bertz CT molecular complexity index is 1510. The summed E-state index contributed by atoms with van der Waals surface area (Å²) in [6.07, 6.45) is 8.61. The number of carbonyl (C=O) groups excluding carboxylic acids is 2. The molecule has 0 amide bonds. The Kier molecular flexibility index (Phi) is 7.98. The van der Waals surface area contributed by atoms with Gasteiger partial charge in [-0.15, -0.1) is 0 Å². The summed E-state index contributed by atoms with van der Waals surface area (Å²) in [5.41, 5.74) is 5.90. The highest BCUT2D eigenvalue weighted by Gasteiger charge is 2.14. The second-order valence-electron chi connectivity index (χ2n) is 9.75. The van der Waals surface area contributed by atoms with Crippen LogP contribution in [0, 0.1) is 0 Å². The van der Waals surface area contributed by atoms with Crippen LogP contribution >= 0.6 is 0 Å². The van der Waals surface area contributed by atoms with Gasteiger partial charge in [0.2, 0.25) is 0 Å². The molecule has 0 saturated heterocycles. The maximum Gasteiger partial charge on any atom is 0.153 e. The quantitative estimate of drug-likeness (QED) is 0.126. The Morgan fingerprint density at radius 2 is 1.29 bits per heavy atom. The van der Waals surface area contributed by atoms with Crippen LogP contribution in [0.25, 0.3) is 38.6 Å². The van der Waals surface area contributed by atoms with Gasteiger partial charge in [-0.2, -0.15) is 0 Å². The minimum atomic E-state index is 0.461. The van der Waals surface area contributed by atoms with Crippen LogP contribution < -0.4 is 4.74 Å². The van der Waals surface area contributed by atoms with Crippen molar-refractivity contribution >= 4 is 34.4 Å². The number of carbonyl (C=O) groups is 2. The van der Waals surface area contributed by atoms with Crippen molar-refractivity contribution in [1.29, 1.82) is 0 Å². The molecule has 0 aliphatic heterocycles. The van der Waals surface area contributed by atoms with E-state index in [1.165, 1.54) is 36.5 Å². The molecule has 0 aliphatic rings. The number of hydrogen-bond acceptors (Lipinski definition) is 3. The molecule has 1 aromatic heterocycles. The van der Waals surface area contributed by atoms with Gasteiger partial charge in [-0.25, -0.2) is 0 Å². The molecule has 0 bridgehead atoms. The molecule has 0 fully saturated rings. The number of aromatic nitrogens is 1. The van der Waals surface area contributed by atoms with Crippen molar-refractivity contribution in [1.82, 2.24) is 4.57 Å². The molecule has 5 aromatic rings. The number of ether oxygens (including phenoxy) is 1. The van der Waals surface area contributed by atoms with Gasteiger partial charge in [0.05, 0.1) is 23.2 Å². The fourth-order valence-corrected chi connectivity index (χ4v) is 5.23. The standard InChI is InChI=1S/C34H33NO3/c1-2-3-4-5-6-11-20-38-34-22-26(23-36)31(21-27(34)24-37)25-16-18-28(19-17-25)35-32-14-9-7-12-29(32)30-13-8-10-15-33(30)35/h7-10,12-19,21-24H,2-6,11,20H2,1H3. The van der Waals surface area contributed by atoms with E-state index in [1.807, 2.05) is 12.1 Å². The molecule has 192 valence electrons. The molecule has 0 saturated carbocycles. The predicted octanol–water partition coefficient (Wildman–Crippen LogP) is 8.82. The number of rotatable bonds is 12. The van der Waals surface area contributed by atoms with Crippen LogP contribution in [0.5, 0.6) is 5.75 Å². The monoisotopic (exact) mass is 503 g/mol. The van der Waals surface area contributed by atoms with Gasteiger partial charge in [-0.05, 0) is 53.9 Å². The highest BCUT2D eigenvalue weighted by atomic mass is 16.5. The lowest BCUT2D eigenvalue weighted by Crippen LogP contribution is -2.02. The van der Waals surface area contributed by atoms with Gasteiger partial charge in [-0.3, -0.25) is 9.59 Å². The lowest BCUT2D eigenvalue weighted by atomic mass is 9.97. The Labute approximate surface area is 223 Å². The third kappa shape index (κ3) is 5.12. The molecule has 0 aliphatic carbocycles. The van der Waals surface area contributed by atoms with Gasteiger partial charge >= 0.3 is 0 Å². The average molecular weight is 504 g/mol. The fraction of sp³-hybridized carbons (Fsp3) is 0.235. The first-order valence-corrected chi connectivity index (χ1v) is 13.6. The van der Waals surface area contributed by atoms with Crippen LogP contribution in [0.3, 0.4) is 0 Å². The SMILES string of the molecule is CCCCCCCCOc1cc(C=O)c(-c2ccc(-n3c4ccccc4c4ccccc43)cc2)cc1C=O. The number of para-hydroxylation sites is 2. The number of unbranched alkanes of at least 4 members (excludes halogenated alkanes) is 5. The zero-order valence-electron chi connectivity index (χ0n) is 21.9. The summed E-state index contributed by atoms with van der Waals surface area (Å²) in [4.78, 5) is 23.9. The van der Waals surface area contributed by atoms with Gasteiger partial charge in [0, 0.05) is 22.0 Å². The van der Waals surface area contributed by atoms with E-state index >= 15 is 0 Å². The maximum atomic E-state index is 12.0. The highest BCUT2D eigenvalue weighted by Crippen LogP contribution is 2.34. The molecule has 1 heterocycles. The number of fused-ring (bicyclic) bond motifs is 3. The Morgan fingerprint density at radius 3 is 1.92 bits per heavy atom. The second-order valence-corrected chi connectivity index (χ2v) is 9.75. The molecule has 0 radical (unpaired) electrons. The zero-order chi connectivity index (χ0) is 26.3. The highest BCUT2D eigenvalue weighted by molar-refractivity contribution is 6.09. The summed E-state index contributed by atoms with van der Waals surface area (Å²) in [5, 5.41) is 2.42. The van der Waals surface area contributed by atoms with Crippen LogP contribution in [-0.2, 0) is 0 Å². The fourth-order valence-electron chi connectivity index (χ4n) is 5.23. The maximum absolute atomic E-state index is 12.0. The largest absolute Gasteiger partial charge is 0.493 e. The second kappa shape index (κ2) is 11.9. The predicted molar refractivity (Wildman–Crippen MR) is 156 cm³/mol. The summed E-state index contributed by atoms with van der Waals surface area (Å²) in [6.45, 7) is 2.75. The summed E-state index contributed by atoms with van der Waals surface area (Å²) in [7, 11) is 0. The first-order chi connectivity index (χ1) is 18.7. The molecular weight excluding hydrogens is 470 g/mol. The van der Waals surface area contributed by atoms with E-state index in [1.54, 1.807) is 12.1 Å². The molecule has 4 aromatic carbocycles. The van der Waals surface area contributed by atoms with E-state index in [-0.39, 0.29) is 0 Å². The molecule has 0 spiro atoms. The van der Waals surface area contributed by atoms with Crippen molar-refractivity contribution in [2.75, 3.05) is 6.61 Å². The molecule has 0 unspecified atom stereocenters. The van der Waals surface area contributed by atoms with E-state index in [4.69, 9.17) is 4.74 Å². The van der Waals surface area contributed by atoms with Gasteiger partial charge < -0.3 is 9.30 Å². The van der Waals surface area contributed by atoms with Crippen molar-refractivity contribution in [2.45, 2.75) is 45.4 Å². The van der Waals surface area contributed by atoms with E-state index < -0.39 is 0 Å². The molecular formula is C34H33NO3. The number of aldehydes is 2. The Morgan fingerprint density at radius 1 is 0.684 bits per heavy atom. The van der Waals surface area contributed by atoms with Gasteiger partial charge in [0.1, 0.15) is 5.75 Å². The van der Waals surface area contributed by atoms with Gasteiger partial charge in [-0.1, -0.05) is 87.6 Å². The summed E-state index contributed by atoms with van der Waals surface area (Å²) in [5.74, 6) is 0.473. The van der Waals surface area contributed by atoms with Crippen LogP contribution in [0.1, 0.15) is 66.2 Å². The van der Waals surface area contributed by atoms with E-state index in [0.717, 1.165) is 53.3 Å². The third-order valence-electron chi connectivity index (χ3n) is 7.21. The van der Waals surface area contributed by atoms with Gasteiger partial charge in [0.15, 0.2) is 12.6 Å². The van der Waals surface area contributed by atoms with E-state index in [2.05, 4.69) is 72.2 Å². The molecule has 4 heteroatoms. The number of benzene rings is 4. The lowest BCUT2D eigenvalue weighted by molar-refractivity contribution is 0.110. The number of nitrogens with zero attached hydrogens (tertiary/aromatic N) is 1. The first kappa shape index (κ1) is 25.5. The topological polar surface area (TPSA) is 48.3 Å². The van der Waals surface area contributed by atoms with Crippen LogP contribution in [0.15, 0.2) is 84.9 Å². The molecule has 5 rings (SSSR count). The van der Waals surface area contributed by atoms with Crippen LogP contribution in [0.4, 0.5) is 0 Å². The van der Waals surface area contributed by atoms with Crippen molar-refractivity contribution in [3.05, 3.63) is 96.1 Å². The Balaban J connectivity index is 1.42. The van der Waals surface area contributed by atoms with Crippen molar-refractivity contribution in [3.8, 4) is 22.6 Å². The average Bonchev–Trinajstić information content (AvgIpc) is 3.31. The smallest absolute Gasteiger partial charge is 0.153 e. The zero-order valence-corrected chi connectivity index (χ0v) is 21.9. The number of hydrogen-bond donors (Lipinski definition) is 0. The first-order valence-electron chi connectivity index (χ1n) is 13.6. The molecule has 0 atom stereocenters. The van der Waals surface area contributed by atoms with Crippen molar-refractivity contribution in [3.63, 3.8) is 0 Å². The normalized spacial score (nSPS) is 11.2. The molecule has 0 N–H and O–H groups in total. The van der Waals surface area contributed by atoms with E-state index in [0.29, 0.717) is 23.5 Å². The minimum absolute atomic E-state index is 0.461. The summed E-state index contributed by atoms with van der Waals surface area (Å²) < 4.78 is 8.18. The van der Waals surface area contributed by atoms with E-state index in [9.17, 15) is 9.59 Å².